The molecular formula is C14H13N5OS. The van der Waals surface area contributed by atoms with Crippen LogP contribution in [0, 0.1) is 6.92 Å². The van der Waals surface area contributed by atoms with Gasteiger partial charge < -0.3 is 5.32 Å². The van der Waals surface area contributed by atoms with E-state index in [1.54, 1.807) is 13.2 Å². The molecular weight excluding hydrogens is 286 g/mol. The molecule has 0 aliphatic rings. The predicted molar refractivity (Wildman–Crippen MR) is 83.9 cm³/mol. The lowest BCUT2D eigenvalue weighted by molar-refractivity contribution is 0.102. The Hall–Kier alpha value is -2.54. The van der Waals surface area contributed by atoms with E-state index >= 15 is 0 Å². The van der Waals surface area contributed by atoms with Gasteiger partial charge >= 0.3 is 0 Å². The topological polar surface area (TPSA) is 79.8 Å². The number of carbonyl (C=O) groups excluding carboxylic acids is 1. The molecule has 0 fully saturated rings. The molecule has 6 nitrogen and oxygen atoms in total. The fraction of sp³-hybridized carbons (Fsp3) is 0.143. The van der Waals surface area contributed by atoms with Crippen LogP contribution >= 0.6 is 11.3 Å². The summed E-state index contributed by atoms with van der Waals surface area (Å²) in [6.07, 6.45) is 1.57. The number of nitrogens with zero attached hydrogens (tertiary/aromatic N) is 3. The van der Waals surface area contributed by atoms with Crippen LogP contribution in [0.5, 0.6) is 0 Å². The van der Waals surface area contributed by atoms with Gasteiger partial charge in [0.25, 0.3) is 5.91 Å². The number of hydrogen-bond acceptors (Lipinski definition) is 6. The average molecular weight is 299 g/mol. The highest BCUT2D eigenvalue weighted by Crippen LogP contribution is 2.25. The van der Waals surface area contributed by atoms with Crippen molar-refractivity contribution >= 4 is 39.0 Å². The van der Waals surface area contributed by atoms with Crippen molar-refractivity contribution in [1.29, 1.82) is 0 Å². The van der Waals surface area contributed by atoms with Crippen LogP contribution in [0.25, 0.3) is 10.8 Å². The quantitative estimate of drug-likeness (QED) is 0.777. The largest absolute Gasteiger partial charge is 0.373 e. The number of rotatable bonds is 3. The second-order valence-corrected chi connectivity index (χ2v) is 5.58. The number of carbonyl (C=O) groups is 1. The summed E-state index contributed by atoms with van der Waals surface area (Å²) in [5, 5.41) is 16.6. The van der Waals surface area contributed by atoms with Crippen LogP contribution in [0.4, 0.5) is 10.9 Å². The second-order valence-electron chi connectivity index (χ2n) is 4.40. The summed E-state index contributed by atoms with van der Waals surface area (Å²) >= 11 is 1.34. The lowest BCUT2D eigenvalue weighted by atomic mass is 10.1. The Labute approximate surface area is 125 Å². The molecule has 2 heterocycles. The lowest BCUT2D eigenvalue weighted by Crippen LogP contribution is -2.13. The van der Waals surface area contributed by atoms with Crippen LogP contribution < -0.4 is 10.6 Å². The third-order valence-corrected chi connectivity index (χ3v) is 3.78. The van der Waals surface area contributed by atoms with Crippen LogP contribution in [-0.2, 0) is 0 Å². The molecule has 2 N–H and O–H groups in total. The molecule has 1 amide bonds. The molecule has 0 spiro atoms. The zero-order valence-electron chi connectivity index (χ0n) is 11.5. The number of hydrogen-bond donors (Lipinski definition) is 2. The summed E-state index contributed by atoms with van der Waals surface area (Å²) in [5.74, 6) is 0.506. The van der Waals surface area contributed by atoms with Crippen molar-refractivity contribution in [2.24, 2.45) is 0 Å². The number of aromatic nitrogens is 3. The zero-order chi connectivity index (χ0) is 14.8. The van der Waals surface area contributed by atoms with Gasteiger partial charge in [-0.2, -0.15) is 0 Å². The summed E-state index contributed by atoms with van der Waals surface area (Å²) < 4.78 is 0. The Morgan fingerprint density at radius 3 is 2.62 bits per heavy atom. The third-order valence-electron chi connectivity index (χ3n) is 3.02. The maximum atomic E-state index is 12.4. The van der Waals surface area contributed by atoms with Crippen molar-refractivity contribution in [2.45, 2.75) is 6.92 Å². The van der Waals surface area contributed by atoms with Crippen molar-refractivity contribution in [2.75, 3.05) is 17.7 Å². The molecule has 106 valence electrons. The van der Waals surface area contributed by atoms with Crippen molar-refractivity contribution in [3.8, 4) is 0 Å². The van der Waals surface area contributed by atoms with Crippen LogP contribution in [0.3, 0.4) is 0 Å². The standard InChI is InChI=1S/C14H13N5OS/c1-8-18-19-14(21-8)17-13(20)11-7-16-12(15-2)10-6-4-3-5-9(10)11/h3-7H,1-2H3,(H,15,16)(H,17,19,20). The highest BCUT2D eigenvalue weighted by molar-refractivity contribution is 7.15. The Balaban J connectivity index is 2.02. The van der Waals surface area contributed by atoms with Crippen molar-refractivity contribution in [3.05, 3.63) is 41.0 Å². The minimum absolute atomic E-state index is 0.238. The van der Waals surface area contributed by atoms with E-state index in [-0.39, 0.29) is 5.91 Å². The molecule has 0 saturated carbocycles. The maximum Gasteiger partial charge on any atom is 0.259 e. The van der Waals surface area contributed by atoms with E-state index in [1.165, 1.54) is 11.3 Å². The summed E-state index contributed by atoms with van der Waals surface area (Å²) in [5.41, 5.74) is 0.512. The number of anilines is 2. The third kappa shape index (κ3) is 2.55. The zero-order valence-corrected chi connectivity index (χ0v) is 12.4. The number of benzene rings is 1. The fourth-order valence-electron chi connectivity index (χ4n) is 2.08. The van der Waals surface area contributed by atoms with Gasteiger partial charge in [-0.3, -0.25) is 10.1 Å². The molecule has 0 radical (unpaired) electrons. The monoisotopic (exact) mass is 299 g/mol. The van der Waals surface area contributed by atoms with E-state index in [0.29, 0.717) is 10.7 Å². The normalized spacial score (nSPS) is 10.6. The summed E-state index contributed by atoms with van der Waals surface area (Å²) in [6, 6.07) is 7.65. The molecule has 2 aromatic heterocycles. The van der Waals surface area contributed by atoms with Gasteiger partial charge in [-0.25, -0.2) is 4.98 Å². The van der Waals surface area contributed by atoms with Gasteiger partial charge in [0.1, 0.15) is 10.8 Å². The molecule has 0 unspecified atom stereocenters. The van der Waals surface area contributed by atoms with Gasteiger partial charge in [-0.15, -0.1) is 10.2 Å². The summed E-state index contributed by atoms with van der Waals surface area (Å²) in [7, 11) is 1.80. The van der Waals surface area contributed by atoms with Crippen LogP contribution in [0.15, 0.2) is 30.5 Å². The molecule has 3 aromatic rings. The van der Waals surface area contributed by atoms with Gasteiger partial charge in [-0.05, 0) is 12.3 Å². The number of amides is 1. The van der Waals surface area contributed by atoms with E-state index in [4.69, 9.17) is 0 Å². The van der Waals surface area contributed by atoms with Gasteiger partial charge in [0.15, 0.2) is 0 Å². The minimum Gasteiger partial charge on any atom is -0.373 e. The van der Waals surface area contributed by atoms with Crippen molar-refractivity contribution < 1.29 is 4.79 Å². The first kappa shape index (κ1) is 13.4. The first-order chi connectivity index (χ1) is 10.2. The number of fused-ring (bicyclic) bond motifs is 1. The van der Waals surface area contributed by atoms with Crippen LogP contribution in [0.1, 0.15) is 15.4 Å². The Morgan fingerprint density at radius 1 is 1.19 bits per heavy atom. The molecule has 0 saturated heterocycles. The Bertz CT molecular complexity index is 814. The van der Waals surface area contributed by atoms with E-state index in [2.05, 4.69) is 25.8 Å². The van der Waals surface area contributed by atoms with E-state index in [9.17, 15) is 4.79 Å². The molecule has 0 atom stereocenters. The van der Waals surface area contributed by atoms with Crippen LogP contribution in [-0.4, -0.2) is 28.1 Å². The maximum absolute atomic E-state index is 12.4. The second kappa shape index (κ2) is 5.45. The average Bonchev–Trinajstić information content (AvgIpc) is 2.91. The molecule has 0 aliphatic heterocycles. The molecule has 21 heavy (non-hydrogen) atoms. The molecule has 3 rings (SSSR count). The molecule has 1 aromatic carbocycles. The van der Waals surface area contributed by atoms with Gasteiger partial charge in [0, 0.05) is 18.6 Å². The van der Waals surface area contributed by atoms with Gasteiger partial charge in [0.2, 0.25) is 5.13 Å². The summed E-state index contributed by atoms with van der Waals surface area (Å²) in [4.78, 5) is 16.7. The van der Waals surface area contributed by atoms with E-state index < -0.39 is 0 Å². The Kier molecular flexibility index (Phi) is 3.49. The Morgan fingerprint density at radius 2 is 1.95 bits per heavy atom. The molecule has 0 aliphatic carbocycles. The SMILES string of the molecule is CNc1ncc(C(=O)Nc2nnc(C)s2)c2ccccc12. The summed E-state index contributed by atoms with van der Waals surface area (Å²) in [6.45, 7) is 1.84. The van der Waals surface area contributed by atoms with Crippen LogP contribution in [0.2, 0.25) is 0 Å². The highest BCUT2D eigenvalue weighted by Gasteiger charge is 2.14. The van der Waals surface area contributed by atoms with Crippen molar-refractivity contribution in [1.82, 2.24) is 15.2 Å². The predicted octanol–water partition coefficient (Wildman–Crippen LogP) is 2.69. The highest BCUT2D eigenvalue weighted by atomic mass is 32.1. The number of aryl methyl sites for hydroxylation is 1. The first-order valence-electron chi connectivity index (χ1n) is 6.36. The van der Waals surface area contributed by atoms with Gasteiger partial charge in [-0.1, -0.05) is 35.6 Å². The number of nitrogens with one attached hydrogen (secondary N) is 2. The van der Waals surface area contributed by atoms with E-state index in [0.717, 1.165) is 21.6 Å². The van der Waals surface area contributed by atoms with Gasteiger partial charge in [0.05, 0.1) is 5.56 Å². The fourth-order valence-corrected chi connectivity index (χ4v) is 2.67. The van der Waals surface area contributed by atoms with Crippen molar-refractivity contribution in [3.63, 3.8) is 0 Å². The minimum atomic E-state index is -0.238. The molecule has 7 heteroatoms. The lowest BCUT2D eigenvalue weighted by Gasteiger charge is -2.09. The number of pyridine rings is 1. The molecule has 0 bridgehead atoms. The van der Waals surface area contributed by atoms with E-state index in [1.807, 2.05) is 31.2 Å². The first-order valence-corrected chi connectivity index (χ1v) is 7.17. The smallest absolute Gasteiger partial charge is 0.259 e.